The zero-order chi connectivity index (χ0) is 23.5. The summed E-state index contributed by atoms with van der Waals surface area (Å²) in [4.78, 5) is 23.3. The Labute approximate surface area is 200 Å². The number of fused-ring (bicyclic) bond motifs is 1. The molecule has 5 rings (SSSR count). The second-order valence-electron chi connectivity index (χ2n) is 9.29. The van der Waals surface area contributed by atoms with Gasteiger partial charge in [0.25, 0.3) is 0 Å². The number of rotatable bonds is 8. The van der Waals surface area contributed by atoms with Crippen molar-refractivity contribution in [2.75, 3.05) is 33.9 Å². The lowest BCUT2D eigenvalue weighted by Crippen LogP contribution is -2.30. The molecule has 1 aliphatic heterocycles. The Morgan fingerprint density at radius 2 is 2.00 bits per heavy atom. The maximum absolute atomic E-state index is 11.6. The first-order valence-electron chi connectivity index (χ1n) is 12.0. The van der Waals surface area contributed by atoms with Gasteiger partial charge in [0, 0.05) is 36.6 Å². The smallest absolute Gasteiger partial charge is 0.223 e. The topological polar surface area (TPSA) is 73.8 Å². The van der Waals surface area contributed by atoms with E-state index in [1.165, 1.54) is 6.42 Å². The molecule has 0 radical (unpaired) electrons. The second kappa shape index (κ2) is 9.97. The Bertz CT molecular complexity index is 1180. The number of ether oxygens (including phenoxy) is 3. The van der Waals surface area contributed by atoms with Crippen molar-refractivity contribution in [1.82, 2.24) is 14.9 Å². The number of ketones is 1. The highest BCUT2D eigenvalue weighted by molar-refractivity contribution is 5.87. The number of likely N-dealkylation sites (N-methyl/N-ethyl adjacent to an activating group) is 1. The number of methoxy groups -OCH3 is 1. The molecule has 0 bridgehead atoms. The molecule has 1 aromatic carbocycles. The molecular weight excluding hydrogens is 430 g/mol. The third kappa shape index (κ3) is 4.85. The Morgan fingerprint density at radius 1 is 1.09 bits per heavy atom. The number of hydrogen-bond acceptors (Lipinski definition) is 7. The van der Waals surface area contributed by atoms with Gasteiger partial charge in [-0.25, -0.2) is 4.98 Å². The summed E-state index contributed by atoms with van der Waals surface area (Å²) in [6, 6.07) is 12.1. The normalized spacial score (nSPS) is 20.7. The summed E-state index contributed by atoms with van der Waals surface area (Å²) in [7, 11) is 3.80. The molecule has 3 aromatic rings. The average molecular weight is 462 g/mol. The molecule has 0 N–H and O–H groups in total. The molecule has 0 amide bonds. The molecule has 0 spiro atoms. The molecule has 2 atom stereocenters. The quantitative estimate of drug-likeness (QED) is 0.488. The standard InChI is InChI=1S/C27H31N3O4/c1-30-12-4-5-20(30)17-33-25-10-8-19(14-26(25)32-2)23-15-24-22(6-3-11-28-24)27(29-23)34-16-18-7-9-21(31)13-18/h3,6,8,10-11,14-15,18,20H,4-5,7,9,12-13,16-17H2,1-2H3/t18-,20?/m0/s1. The summed E-state index contributed by atoms with van der Waals surface area (Å²) >= 11 is 0. The molecule has 1 saturated heterocycles. The van der Waals surface area contributed by atoms with Crippen LogP contribution in [-0.4, -0.2) is 60.6 Å². The Balaban J connectivity index is 1.39. The van der Waals surface area contributed by atoms with Gasteiger partial charge < -0.3 is 19.1 Å². The van der Waals surface area contributed by atoms with E-state index in [-0.39, 0.29) is 5.92 Å². The van der Waals surface area contributed by atoms with Gasteiger partial charge in [-0.2, -0.15) is 0 Å². The Kier molecular flexibility index (Phi) is 6.63. The predicted molar refractivity (Wildman–Crippen MR) is 131 cm³/mol. The fraction of sp³-hybridized carbons (Fsp3) is 0.444. The number of hydrogen-bond donors (Lipinski definition) is 0. The number of carbonyl (C=O) groups is 1. The highest BCUT2D eigenvalue weighted by atomic mass is 16.5. The van der Waals surface area contributed by atoms with Crippen molar-refractivity contribution >= 4 is 16.7 Å². The van der Waals surface area contributed by atoms with E-state index in [1.54, 1.807) is 13.3 Å². The van der Waals surface area contributed by atoms with E-state index in [1.807, 2.05) is 36.4 Å². The van der Waals surface area contributed by atoms with Crippen molar-refractivity contribution in [3.05, 3.63) is 42.6 Å². The van der Waals surface area contributed by atoms with Crippen LogP contribution in [0.5, 0.6) is 17.4 Å². The minimum absolute atomic E-state index is 0.250. The first-order valence-corrected chi connectivity index (χ1v) is 12.0. The van der Waals surface area contributed by atoms with Crippen molar-refractivity contribution in [1.29, 1.82) is 0 Å². The maximum Gasteiger partial charge on any atom is 0.223 e. The van der Waals surface area contributed by atoms with Crippen LogP contribution in [0, 0.1) is 5.92 Å². The Hall–Kier alpha value is -3.19. The van der Waals surface area contributed by atoms with E-state index in [4.69, 9.17) is 19.2 Å². The Morgan fingerprint density at radius 3 is 2.76 bits per heavy atom. The molecule has 7 heteroatoms. The van der Waals surface area contributed by atoms with E-state index >= 15 is 0 Å². The number of Topliss-reactive ketones (excluding diaryl/α,β-unsaturated/α-hetero) is 1. The van der Waals surface area contributed by atoms with Crippen LogP contribution < -0.4 is 14.2 Å². The van der Waals surface area contributed by atoms with Crippen LogP contribution in [0.25, 0.3) is 22.2 Å². The highest BCUT2D eigenvalue weighted by Gasteiger charge is 2.24. The monoisotopic (exact) mass is 461 g/mol. The van der Waals surface area contributed by atoms with Gasteiger partial charge in [0.1, 0.15) is 12.4 Å². The SMILES string of the molecule is COc1cc(-c2cc3ncccc3c(OC[C@H]3CCC(=O)C3)n2)ccc1OCC1CCCN1C. The lowest BCUT2D eigenvalue weighted by Gasteiger charge is -2.20. The fourth-order valence-electron chi connectivity index (χ4n) is 4.85. The number of aromatic nitrogens is 2. The summed E-state index contributed by atoms with van der Waals surface area (Å²) in [5, 5.41) is 0.864. The van der Waals surface area contributed by atoms with E-state index in [2.05, 4.69) is 16.9 Å². The summed E-state index contributed by atoms with van der Waals surface area (Å²) in [5.74, 6) is 2.51. The number of likely N-dealkylation sites (tertiary alicyclic amines) is 1. The van der Waals surface area contributed by atoms with Crippen molar-refractivity contribution < 1.29 is 19.0 Å². The molecule has 1 saturated carbocycles. The van der Waals surface area contributed by atoms with Gasteiger partial charge in [0.05, 0.1) is 30.3 Å². The summed E-state index contributed by atoms with van der Waals surface area (Å²) < 4.78 is 17.9. The molecule has 1 unspecified atom stereocenters. The molecule has 3 heterocycles. The summed E-state index contributed by atoms with van der Waals surface area (Å²) in [6.45, 7) is 2.25. The molecule has 2 fully saturated rings. The van der Waals surface area contributed by atoms with Crippen LogP contribution >= 0.6 is 0 Å². The van der Waals surface area contributed by atoms with Crippen LogP contribution in [0.15, 0.2) is 42.6 Å². The van der Waals surface area contributed by atoms with Gasteiger partial charge in [0.15, 0.2) is 11.5 Å². The lowest BCUT2D eigenvalue weighted by atomic mass is 10.1. The first-order chi connectivity index (χ1) is 16.6. The number of carbonyl (C=O) groups excluding carboxylic acids is 1. The molecule has 178 valence electrons. The largest absolute Gasteiger partial charge is 0.493 e. The first kappa shape index (κ1) is 22.6. The van der Waals surface area contributed by atoms with Crippen LogP contribution in [-0.2, 0) is 4.79 Å². The minimum Gasteiger partial charge on any atom is -0.493 e. The van der Waals surface area contributed by atoms with Crippen LogP contribution in [0.3, 0.4) is 0 Å². The highest BCUT2D eigenvalue weighted by Crippen LogP contribution is 2.35. The minimum atomic E-state index is 0.250. The zero-order valence-corrected chi connectivity index (χ0v) is 19.8. The van der Waals surface area contributed by atoms with Crippen LogP contribution in [0.1, 0.15) is 32.1 Å². The van der Waals surface area contributed by atoms with Crippen molar-refractivity contribution in [3.8, 4) is 28.6 Å². The van der Waals surface area contributed by atoms with E-state index in [0.29, 0.717) is 49.5 Å². The predicted octanol–water partition coefficient (Wildman–Crippen LogP) is 4.53. The van der Waals surface area contributed by atoms with Gasteiger partial charge in [-0.1, -0.05) is 0 Å². The molecule has 7 nitrogen and oxygen atoms in total. The van der Waals surface area contributed by atoms with E-state index in [9.17, 15) is 4.79 Å². The van der Waals surface area contributed by atoms with E-state index < -0.39 is 0 Å². The van der Waals surface area contributed by atoms with Crippen LogP contribution in [0.2, 0.25) is 0 Å². The van der Waals surface area contributed by atoms with Gasteiger partial charge in [-0.15, -0.1) is 0 Å². The average Bonchev–Trinajstić information content (AvgIpc) is 3.48. The third-order valence-corrected chi connectivity index (χ3v) is 6.93. The molecule has 2 aromatic heterocycles. The van der Waals surface area contributed by atoms with E-state index in [0.717, 1.165) is 47.3 Å². The van der Waals surface area contributed by atoms with Gasteiger partial charge in [-0.05, 0) is 69.3 Å². The molecule has 1 aliphatic carbocycles. The summed E-state index contributed by atoms with van der Waals surface area (Å²) in [5.41, 5.74) is 2.47. The number of pyridine rings is 2. The summed E-state index contributed by atoms with van der Waals surface area (Å²) in [6.07, 6.45) is 6.25. The molecule has 34 heavy (non-hydrogen) atoms. The third-order valence-electron chi connectivity index (χ3n) is 6.93. The van der Waals surface area contributed by atoms with Gasteiger partial charge in [0.2, 0.25) is 5.88 Å². The van der Waals surface area contributed by atoms with Crippen LogP contribution in [0.4, 0.5) is 0 Å². The second-order valence-corrected chi connectivity index (χ2v) is 9.29. The van der Waals surface area contributed by atoms with Crippen molar-refractivity contribution in [2.24, 2.45) is 5.92 Å². The molecule has 2 aliphatic rings. The number of nitrogens with zero attached hydrogens (tertiary/aromatic N) is 3. The molecular formula is C27H31N3O4. The van der Waals surface area contributed by atoms with Crippen molar-refractivity contribution in [3.63, 3.8) is 0 Å². The number of benzene rings is 1. The van der Waals surface area contributed by atoms with Gasteiger partial charge >= 0.3 is 0 Å². The lowest BCUT2D eigenvalue weighted by molar-refractivity contribution is -0.117. The fourth-order valence-corrected chi connectivity index (χ4v) is 4.85. The van der Waals surface area contributed by atoms with Crippen molar-refractivity contribution in [2.45, 2.75) is 38.1 Å². The zero-order valence-electron chi connectivity index (χ0n) is 19.8. The maximum atomic E-state index is 11.6. The van der Waals surface area contributed by atoms with Gasteiger partial charge in [-0.3, -0.25) is 9.78 Å².